The van der Waals surface area contributed by atoms with Crippen LogP contribution in [0.2, 0.25) is 5.02 Å². The van der Waals surface area contributed by atoms with E-state index in [4.69, 9.17) is 35.9 Å². The number of nitrogen functional groups attached to an aromatic ring is 1. The Kier molecular flexibility index (Phi) is 9.70. The number of nitrogens with one attached hydrogen (secondary N) is 2. The van der Waals surface area contributed by atoms with Crippen LogP contribution in [-0.4, -0.2) is 63.6 Å². The predicted octanol–water partition coefficient (Wildman–Crippen LogP) is 4.21. The number of methoxy groups -OCH3 is 1. The smallest absolute Gasteiger partial charge is 0.323 e. The molecule has 41 heavy (non-hydrogen) atoms. The van der Waals surface area contributed by atoms with Gasteiger partial charge >= 0.3 is 14.5 Å². The van der Waals surface area contributed by atoms with Crippen LogP contribution in [-0.2, 0) is 18.8 Å². The van der Waals surface area contributed by atoms with Crippen LogP contribution in [0.15, 0.2) is 30.6 Å². The summed E-state index contributed by atoms with van der Waals surface area (Å²) in [6, 6.07) is 6.62. The molecule has 5 atom stereocenters. The minimum atomic E-state index is -1.71. The summed E-state index contributed by atoms with van der Waals surface area (Å²) in [5.74, 6) is 1.09. The molecule has 1 saturated heterocycles. The maximum atomic E-state index is 12.0. The Bertz CT molecular complexity index is 1350. The van der Waals surface area contributed by atoms with Gasteiger partial charge in [-0.05, 0) is 56.7 Å². The second-order valence-electron chi connectivity index (χ2n) is 9.96. The van der Waals surface area contributed by atoms with Crippen LogP contribution in [0.5, 0.6) is 5.75 Å². The van der Waals surface area contributed by atoms with Crippen molar-refractivity contribution in [3.63, 3.8) is 0 Å². The second kappa shape index (κ2) is 13.2. The van der Waals surface area contributed by atoms with Crippen molar-refractivity contribution in [1.82, 2.24) is 29.4 Å². The van der Waals surface area contributed by atoms with Crippen LogP contribution in [0.1, 0.15) is 39.3 Å². The maximum Gasteiger partial charge on any atom is 0.323 e. The van der Waals surface area contributed by atoms with E-state index in [2.05, 4.69) is 31.8 Å². The molecule has 2 fully saturated rings. The number of ether oxygens (including phenoxy) is 2. The lowest BCUT2D eigenvalue weighted by Gasteiger charge is -2.23. The summed E-state index contributed by atoms with van der Waals surface area (Å²) < 4.78 is 25.4. The van der Waals surface area contributed by atoms with Gasteiger partial charge in [-0.1, -0.05) is 30.5 Å². The number of nitrogens with zero attached hydrogens (tertiary/aromatic N) is 5. The summed E-state index contributed by atoms with van der Waals surface area (Å²) in [5.41, 5.74) is 7.42. The third kappa shape index (κ3) is 7.14. The number of anilines is 2. The van der Waals surface area contributed by atoms with Crippen molar-refractivity contribution in [2.75, 3.05) is 30.7 Å². The maximum absolute atomic E-state index is 12.0. The van der Waals surface area contributed by atoms with E-state index < -0.39 is 20.5 Å². The van der Waals surface area contributed by atoms with Gasteiger partial charge in [0.2, 0.25) is 5.95 Å². The molecule has 3 aromatic rings. The van der Waals surface area contributed by atoms with Crippen molar-refractivity contribution in [1.29, 1.82) is 0 Å². The Hall–Kier alpha value is -2.45. The van der Waals surface area contributed by atoms with Gasteiger partial charge in [0.1, 0.15) is 18.0 Å². The van der Waals surface area contributed by atoms with Crippen molar-refractivity contribution in [3.8, 4) is 5.75 Å². The first-order chi connectivity index (χ1) is 19.8. The lowest BCUT2D eigenvalue weighted by Crippen LogP contribution is -2.36. The lowest BCUT2D eigenvalue weighted by atomic mass is 10.1. The monoisotopic (exact) mass is 624 g/mol. The van der Waals surface area contributed by atoms with E-state index in [1.54, 1.807) is 37.5 Å². The van der Waals surface area contributed by atoms with Gasteiger partial charge in [-0.25, -0.2) is 10.1 Å². The van der Waals surface area contributed by atoms with Gasteiger partial charge < -0.3 is 24.3 Å². The van der Waals surface area contributed by atoms with Crippen LogP contribution in [0.4, 0.5) is 11.8 Å². The molecule has 2 aromatic heterocycles. The van der Waals surface area contributed by atoms with Crippen molar-refractivity contribution < 1.29 is 23.3 Å². The topological polar surface area (TPSA) is 151 Å². The molecular formula is C25H34ClN8O5PS. The quantitative estimate of drug-likeness (QED) is 0.108. The summed E-state index contributed by atoms with van der Waals surface area (Å²) in [4.78, 5) is 29.0. The fourth-order valence-corrected chi connectivity index (χ4v) is 6.35. The van der Waals surface area contributed by atoms with Crippen molar-refractivity contribution >= 4 is 61.0 Å². The van der Waals surface area contributed by atoms with Gasteiger partial charge in [0.05, 0.1) is 26.1 Å². The molecule has 1 aromatic carbocycles. The van der Waals surface area contributed by atoms with E-state index in [1.807, 2.05) is 15.8 Å². The first kappa shape index (κ1) is 30.0. The molecular weight excluding hydrogens is 591 g/mol. The Morgan fingerprint density at radius 2 is 2.10 bits per heavy atom. The molecule has 13 nitrogen and oxygen atoms in total. The molecule has 1 saturated carbocycles. The molecule has 0 bridgehead atoms. The highest BCUT2D eigenvalue weighted by Gasteiger charge is 2.37. The van der Waals surface area contributed by atoms with Gasteiger partial charge in [0.15, 0.2) is 17.0 Å². The largest absolute Gasteiger partial charge is 0.468 e. The number of carbonyl (C=O) groups excluding carboxylic acids is 1. The Labute approximate surface area is 248 Å². The first-order valence-electron chi connectivity index (χ1n) is 13.2. The van der Waals surface area contributed by atoms with Crippen LogP contribution < -0.4 is 25.2 Å². The summed E-state index contributed by atoms with van der Waals surface area (Å²) in [6.45, 7) is 4.03. The van der Waals surface area contributed by atoms with Gasteiger partial charge in [-0.3, -0.25) is 14.4 Å². The number of nitrogens with two attached hydrogens (primary N) is 1. The van der Waals surface area contributed by atoms with E-state index in [9.17, 15) is 4.79 Å². The van der Waals surface area contributed by atoms with Crippen molar-refractivity contribution in [3.05, 3.63) is 35.6 Å². The highest BCUT2D eigenvalue weighted by atomic mass is 35.5. The fourth-order valence-electron chi connectivity index (χ4n) is 4.58. The molecule has 1 aliphatic carbocycles. The number of carbonyl (C=O) groups is 1. The van der Waals surface area contributed by atoms with Gasteiger partial charge in [0, 0.05) is 17.0 Å². The van der Waals surface area contributed by atoms with Crippen LogP contribution in [0, 0.1) is 5.92 Å². The number of imidazole rings is 1. The normalized spacial score (nSPS) is 22.0. The van der Waals surface area contributed by atoms with E-state index in [1.165, 1.54) is 19.1 Å². The summed E-state index contributed by atoms with van der Waals surface area (Å²) in [5, 5.41) is 5.68. The minimum absolute atomic E-state index is 0.134. The number of fused-ring (bicyclic) bond motifs is 1. The van der Waals surface area contributed by atoms with Crippen LogP contribution in [0.3, 0.4) is 0 Å². The molecule has 0 radical (unpaired) electrons. The van der Waals surface area contributed by atoms with Crippen molar-refractivity contribution in [2.24, 2.45) is 5.92 Å². The van der Waals surface area contributed by atoms with E-state index in [-0.39, 0.29) is 30.8 Å². The van der Waals surface area contributed by atoms with Gasteiger partial charge in [-0.15, -0.1) is 0 Å². The molecule has 3 heterocycles. The fraction of sp³-hybridized carbons (Fsp3) is 0.520. The summed E-state index contributed by atoms with van der Waals surface area (Å²) >= 11 is 7.50. The zero-order valence-electron chi connectivity index (χ0n) is 23.2. The van der Waals surface area contributed by atoms with Gasteiger partial charge in [-0.2, -0.15) is 14.8 Å². The molecule has 16 heteroatoms. The standard InChI is InChI=1S/C25H34ClN8O5PS/c1-14-11-19(12-37-40(31-15(2)24(35)36-3)39-18-9-5-16(26)6-10-18)38-23(14)33-13-28-20-21(33)29-25(27)30-22(20)34(32-41-4)17-7-8-17/h5-6,9-10,13-15,17,19,23,31-32H,7-8,11-12H2,1-4H3,(H2,27,29,30). The zero-order chi connectivity index (χ0) is 29.1. The molecule has 5 unspecified atom stereocenters. The number of hydrogen-bond donors (Lipinski definition) is 3. The summed E-state index contributed by atoms with van der Waals surface area (Å²) in [7, 11) is -0.372. The molecule has 2 aliphatic rings. The van der Waals surface area contributed by atoms with Gasteiger partial charge in [0.25, 0.3) is 0 Å². The third-order valence-electron chi connectivity index (χ3n) is 6.71. The molecule has 0 amide bonds. The molecule has 5 rings (SSSR count). The second-order valence-corrected chi connectivity index (χ2v) is 12.2. The zero-order valence-corrected chi connectivity index (χ0v) is 25.7. The number of hydrogen-bond acceptors (Lipinski definition) is 13. The van der Waals surface area contributed by atoms with Crippen LogP contribution >= 0.6 is 32.1 Å². The number of hydrazine groups is 1. The number of aromatic nitrogens is 4. The van der Waals surface area contributed by atoms with Crippen molar-refractivity contribution in [2.45, 2.75) is 57.5 Å². The molecule has 222 valence electrons. The van der Waals surface area contributed by atoms with Crippen LogP contribution in [0.25, 0.3) is 11.2 Å². The average Bonchev–Trinajstić information content (AvgIpc) is 3.61. The number of halogens is 1. The Balaban J connectivity index is 1.29. The Morgan fingerprint density at radius 3 is 2.78 bits per heavy atom. The van der Waals surface area contributed by atoms with E-state index in [0.29, 0.717) is 33.8 Å². The Morgan fingerprint density at radius 1 is 1.34 bits per heavy atom. The summed E-state index contributed by atoms with van der Waals surface area (Å²) in [6.07, 6.45) is 6.00. The highest BCUT2D eigenvalue weighted by molar-refractivity contribution is 7.96. The SMILES string of the molecule is COC(=O)C(C)NP(OCC1CC(C)C(n2cnc3c(N(NSC)C4CC4)nc(N)nc32)O1)Oc1ccc(Cl)cc1. The molecule has 1 aliphatic heterocycles. The first-order valence-corrected chi connectivity index (χ1v) is 16.0. The van der Waals surface area contributed by atoms with E-state index in [0.717, 1.165) is 19.3 Å². The van der Waals surface area contributed by atoms with E-state index >= 15 is 0 Å². The molecule has 0 spiro atoms. The number of benzene rings is 1. The third-order valence-corrected chi connectivity index (χ3v) is 8.70. The number of esters is 1. The average molecular weight is 625 g/mol. The molecule has 4 N–H and O–H groups in total. The highest BCUT2D eigenvalue weighted by Crippen LogP contribution is 2.41. The predicted molar refractivity (Wildman–Crippen MR) is 159 cm³/mol. The number of rotatable bonds is 13. The lowest BCUT2D eigenvalue weighted by molar-refractivity contribution is -0.142. The minimum Gasteiger partial charge on any atom is -0.468 e.